The molecule has 1 aromatic carbocycles. The molecule has 0 aliphatic carbocycles. The Labute approximate surface area is 125 Å². The van der Waals surface area contributed by atoms with Crippen molar-refractivity contribution in [2.24, 2.45) is 5.73 Å². The van der Waals surface area contributed by atoms with Gasteiger partial charge in [-0.05, 0) is 51.1 Å². The van der Waals surface area contributed by atoms with Gasteiger partial charge in [0.1, 0.15) is 4.99 Å². The van der Waals surface area contributed by atoms with Gasteiger partial charge < -0.3 is 16.0 Å². The van der Waals surface area contributed by atoms with Crippen LogP contribution in [0.3, 0.4) is 0 Å². The number of hydrogen-bond acceptors (Lipinski definition) is 3. The Morgan fingerprint density at radius 2 is 2.16 bits per heavy atom. The molecule has 0 spiro atoms. The SMILES string of the molecule is CC(CN1CCCC1)Nc1ccc(C(N)=S)c(Cl)c1. The first-order chi connectivity index (χ1) is 9.06. The van der Waals surface area contributed by atoms with Crippen LogP contribution >= 0.6 is 23.8 Å². The average Bonchev–Trinajstić information content (AvgIpc) is 2.81. The van der Waals surface area contributed by atoms with Crippen LogP contribution in [-0.4, -0.2) is 35.6 Å². The summed E-state index contributed by atoms with van der Waals surface area (Å²) < 4.78 is 0. The molecule has 1 fully saturated rings. The highest BCUT2D eigenvalue weighted by Gasteiger charge is 2.14. The van der Waals surface area contributed by atoms with Gasteiger partial charge in [-0.25, -0.2) is 0 Å². The predicted molar refractivity (Wildman–Crippen MR) is 86.1 cm³/mol. The molecule has 1 aromatic rings. The van der Waals surface area contributed by atoms with Gasteiger partial charge >= 0.3 is 0 Å². The summed E-state index contributed by atoms with van der Waals surface area (Å²) in [7, 11) is 0. The Balaban J connectivity index is 1.94. The van der Waals surface area contributed by atoms with E-state index in [4.69, 9.17) is 29.6 Å². The van der Waals surface area contributed by atoms with E-state index >= 15 is 0 Å². The minimum absolute atomic E-state index is 0.335. The van der Waals surface area contributed by atoms with E-state index in [9.17, 15) is 0 Å². The maximum absolute atomic E-state index is 6.16. The lowest BCUT2D eigenvalue weighted by Gasteiger charge is -2.22. The Hall–Kier alpha value is -0.840. The summed E-state index contributed by atoms with van der Waals surface area (Å²) >= 11 is 11.1. The molecule has 1 aliphatic heterocycles. The predicted octanol–water partition coefficient (Wildman–Crippen LogP) is 2.87. The van der Waals surface area contributed by atoms with E-state index in [0.29, 0.717) is 16.1 Å². The molecule has 5 heteroatoms. The van der Waals surface area contributed by atoms with Crippen LogP contribution < -0.4 is 11.1 Å². The van der Waals surface area contributed by atoms with E-state index in [2.05, 4.69) is 17.1 Å². The summed E-state index contributed by atoms with van der Waals surface area (Å²) in [5.74, 6) is 0. The van der Waals surface area contributed by atoms with E-state index in [1.165, 1.54) is 25.9 Å². The van der Waals surface area contributed by atoms with Gasteiger partial charge in [0.05, 0.1) is 5.02 Å². The molecule has 1 heterocycles. The number of nitrogens with two attached hydrogens (primary N) is 1. The van der Waals surface area contributed by atoms with Crippen molar-refractivity contribution in [2.75, 3.05) is 25.0 Å². The van der Waals surface area contributed by atoms with Crippen LogP contribution in [0.15, 0.2) is 18.2 Å². The molecule has 2 rings (SSSR count). The van der Waals surface area contributed by atoms with E-state index in [1.807, 2.05) is 18.2 Å². The molecular weight excluding hydrogens is 278 g/mol. The number of thiocarbonyl (C=S) groups is 1. The summed E-state index contributed by atoms with van der Waals surface area (Å²) in [6.45, 7) is 5.68. The molecular formula is C14H20ClN3S. The number of anilines is 1. The fourth-order valence-corrected chi connectivity index (χ4v) is 3.00. The lowest BCUT2D eigenvalue weighted by molar-refractivity contribution is 0.328. The summed E-state index contributed by atoms with van der Waals surface area (Å²) in [5, 5.41) is 4.07. The zero-order chi connectivity index (χ0) is 13.8. The highest BCUT2D eigenvalue weighted by atomic mass is 35.5. The third-order valence-electron chi connectivity index (χ3n) is 3.38. The zero-order valence-electron chi connectivity index (χ0n) is 11.2. The minimum atomic E-state index is 0.335. The lowest BCUT2D eigenvalue weighted by atomic mass is 10.2. The number of halogens is 1. The topological polar surface area (TPSA) is 41.3 Å². The molecule has 0 amide bonds. The summed E-state index contributed by atoms with van der Waals surface area (Å²) in [6, 6.07) is 6.12. The largest absolute Gasteiger partial charge is 0.389 e. The molecule has 0 saturated carbocycles. The fourth-order valence-electron chi connectivity index (χ4n) is 2.49. The van der Waals surface area contributed by atoms with Crippen LogP contribution in [0.4, 0.5) is 5.69 Å². The van der Waals surface area contributed by atoms with Crippen molar-refractivity contribution in [3.05, 3.63) is 28.8 Å². The van der Waals surface area contributed by atoms with Crippen LogP contribution in [0.1, 0.15) is 25.3 Å². The molecule has 3 nitrogen and oxygen atoms in total. The second kappa shape index (κ2) is 6.55. The van der Waals surface area contributed by atoms with Crippen molar-refractivity contribution in [1.82, 2.24) is 4.90 Å². The first-order valence-corrected chi connectivity index (χ1v) is 7.43. The quantitative estimate of drug-likeness (QED) is 0.820. The fraction of sp³-hybridized carbons (Fsp3) is 0.500. The second-order valence-corrected chi connectivity index (χ2v) is 5.96. The van der Waals surface area contributed by atoms with Crippen LogP contribution in [-0.2, 0) is 0 Å². The van der Waals surface area contributed by atoms with Gasteiger partial charge in [0.25, 0.3) is 0 Å². The number of rotatable bonds is 5. The molecule has 19 heavy (non-hydrogen) atoms. The molecule has 0 bridgehead atoms. The monoisotopic (exact) mass is 297 g/mol. The van der Waals surface area contributed by atoms with E-state index < -0.39 is 0 Å². The average molecular weight is 298 g/mol. The maximum atomic E-state index is 6.16. The zero-order valence-corrected chi connectivity index (χ0v) is 12.7. The maximum Gasteiger partial charge on any atom is 0.105 e. The van der Waals surface area contributed by atoms with Crippen molar-refractivity contribution >= 4 is 34.5 Å². The third-order valence-corrected chi connectivity index (χ3v) is 3.91. The van der Waals surface area contributed by atoms with Crippen molar-refractivity contribution in [2.45, 2.75) is 25.8 Å². The van der Waals surface area contributed by atoms with Crippen molar-refractivity contribution < 1.29 is 0 Å². The van der Waals surface area contributed by atoms with E-state index in [-0.39, 0.29) is 0 Å². The number of likely N-dealkylation sites (tertiary alicyclic amines) is 1. The lowest BCUT2D eigenvalue weighted by Crippen LogP contribution is -2.32. The standard InChI is InChI=1S/C14H20ClN3S/c1-10(9-18-6-2-3-7-18)17-11-4-5-12(14(16)19)13(15)8-11/h4-5,8,10,17H,2-3,6-7,9H2,1H3,(H2,16,19). The van der Waals surface area contributed by atoms with E-state index in [0.717, 1.165) is 17.8 Å². The number of nitrogens with zero attached hydrogens (tertiary/aromatic N) is 1. The Morgan fingerprint density at radius 3 is 2.74 bits per heavy atom. The molecule has 0 aromatic heterocycles. The molecule has 1 aliphatic rings. The van der Waals surface area contributed by atoms with Gasteiger partial charge in [-0.15, -0.1) is 0 Å². The van der Waals surface area contributed by atoms with Gasteiger partial charge in [-0.1, -0.05) is 23.8 Å². The van der Waals surface area contributed by atoms with E-state index in [1.54, 1.807) is 0 Å². The molecule has 1 saturated heterocycles. The van der Waals surface area contributed by atoms with Gasteiger partial charge in [0, 0.05) is 23.8 Å². The Bertz CT molecular complexity index is 458. The highest BCUT2D eigenvalue weighted by Crippen LogP contribution is 2.21. The van der Waals surface area contributed by atoms with Crippen molar-refractivity contribution in [3.8, 4) is 0 Å². The van der Waals surface area contributed by atoms with Gasteiger partial charge in [0.15, 0.2) is 0 Å². The molecule has 3 N–H and O–H groups in total. The molecule has 104 valence electrons. The van der Waals surface area contributed by atoms with Crippen LogP contribution in [0, 0.1) is 0 Å². The first kappa shape index (κ1) is 14.6. The number of nitrogens with one attached hydrogen (secondary N) is 1. The highest BCUT2D eigenvalue weighted by molar-refractivity contribution is 7.80. The third kappa shape index (κ3) is 4.06. The summed E-state index contributed by atoms with van der Waals surface area (Å²) in [4.78, 5) is 2.82. The van der Waals surface area contributed by atoms with Crippen LogP contribution in [0.2, 0.25) is 5.02 Å². The van der Waals surface area contributed by atoms with Gasteiger partial charge in [-0.3, -0.25) is 0 Å². The van der Waals surface area contributed by atoms with Crippen molar-refractivity contribution in [3.63, 3.8) is 0 Å². The minimum Gasteiger partial charge on any atom is -0.389 e. The first-order valence-electron chi connectivity index (χ1n) is 6.64. The van der Waals surface area contributed by atoms with Crippen LogP contribution in [0.5, 0.6) is 0 Å². The smallest absolute Gasteiger partial charge is 0.105 e. The van der Waals surface area contributed by atoms with Crippen molar-refractivity contribution in [1.29, 1.82) is 0 Å². The molecule has 1 atom stereocenters. The second-order valence-electron chi connectivity index (χ2n) is 5.11. The number of benzene rings is 1. The molecule has 0 radical (unpaired) electrons. The number of hydrogen-bond donors (Lipinski definition) is 2. The van der Waals surface area contributed by atoms with Gasteiger partial charge in [0.2, 0.25) is 0 Å². The van der Waals surface area contributed by atoms with Crippen LogP contribution in [0.25, 0.3) is 0 Å². The Kier molecular flexibility index (Phi) is 5.02. The Morgan fingerprint density at radius 1 is 1.47 bits per heavy atom. The normalized spacial score (nSPS) is 17.4. The van der Waals surface area contributed by atoms with Gasteiger partial charge in [-0.2, -0.15) is 0 Å². The molecule has 1 unspecified atom stereocenters. The summed E-state index contributed by atoms with van der Waals surface area (Å²) in [5.41, 5.74) is 7.34. The summed E-state index contributed by atoms with van der Waals surface area (Å²) in [6.07, 6.45) is 2.64.